The van der Waals surface area contributed by atoms with Crippen LogP contribution in [0.2, 0.25) is 0 Å². The van der Waals surface area contributed by atoms with Gasteiger partial charge in [-0.05, 0) is 29.6 Å². The topological polar surface area (TPSA) is 12.9 Å². The summed E-state index contributed by atoms with van der Waals surface area (Å²) >= 11 is 2.29. The second-order valence-corrected chi connectivity index (χ2v) is 4.49. The van der Waals surface area contributed by atoms with E-state index in [2.05, 4.69) is 59.6 Å². The van der Waals surface area contributed by atoms with E-state index < -0.39 is 0 Å². The summed E-state index contributed by atoms with van der Waals surface area (Å²) in [6.07, 6.45) is 1.82. The lowest BCUT2D eigenvalue weighted by Crippen LogP contribution is -1.77. The van der Waals surface area contributed by atoms with Crippen molar-refractivity contribution in [2.24, 2.45) is 0 Å². The highest BCUT2D eigenvalue weighted by molar-refractivity contribution is 14.1. The molecule has 0 aliphatic rings. The average molecular weight is 299 g/mol. The fourth-order valence-electron chi connectivity index (χ4n) is 1.20. The molecule has 2 aromatic rings. The third-order valence-electron chi connectivity index (χ3n) is 1.76. The summed E-state index contributed by atoms with van der Waals surface area (Å²) in [6, 6.07) is 10.3. The van der Waals surface area contributed by atoms with Crippen molar-refractivity contribution in [1.82, 2.24) is 4.98 Å². The summed E-state index contributed by atoms with van der Waals surface area (Å²) in [5.41, 5.74) is 2.35. The molecular weight excluding hydrogens is 285 g/mol. The zero-order valence-corrected chi connectivity index (χ0v) is 10.7. The van der Waals surface area contributed by atoms with Gasteiger partial charge >= 0.3 is 0 Å². The summed E-state index contributed by atoms with van der Waals surface area (Å²) in [5, 5.41) is 1.22. The molecule has 0 amide bonds. The maximum atomic E-state index is 4.22. The van der Waals surface area contributed by atoms with Gasteiger partial charge in [0.15, 0.2) is 0 Å². The zero-order chi connectivity index (χ0) is 10.4. The molecule has 1 nitrogen and oxygen atoms in total. The smallest absolute Gasteiger partial charge is 0.0702 e. The van der Waals surface area contributed by atoms with Crippen LogP contribution in [-0.2, 0) is 0 Å². The van der Waals surface area contributed by atoms with Gasteiger partial charge in [-0.15, -0.1) is 0 Å². The maximum absolute atomic E-state index is 4.22. The molecular formula is C12H14IN. The Balaban J connectivity index is 0.000000293. The van der Waals surface area contributed by atoms with Crippen molar-refractivity contribution in [3.63, 3.8) is 0 Å². The highest BCUT2D eigenvalue weighted by Gasteiger charge is 1.90. The minimum atomic E-state index is 1.07. The minimum absolute atomic E-state index is 1.07. The number of fused-ring (bicyclic) bond motifs is 1. The lowest BCUT2D eigenvalue weighted by Gasteiger charge is -1.95. The SMILES string of the molecule is CCI.Cc1ccc2ncccc2c1. The molecule has 1 aromatic heterocycles. The van der Waals surface area contributed by atoms with E-state index in [1.807, 2.05) is 18.3 Å². The highest BCUT2D eigenvalue weighted by Crippen LogP contribution is 2.11. The quantitative estimate of drug-likeness (QED) is 0.529. The van der Waals surface area contributed by atoms with Gasteiger partial charge in [0.2, 0.25) is 0 Å². The van der Waals surface area contributed by atoms with Crippen LogP contribution in [0.5, 0.6) is 0 Å². The van der Waals surface area contributed by atoms with Crippen molar-refractivity contribution < 1.29 is 0 Å². The molecule has 0 bridgehead atoms. The molecule has 0 saturated heterocycles. The number of rotatable bonds is 0. The van der Waals surface area contributed by atoms with Crippen LogP contribution in [0, 0.1) is 6.92 Å². The maximum Gasteiger partial charge on any atom is 0.0702 e. The normalized spacial score (nSPS) is 9.36. The van der Waals surface area contributed by atoms with Crippen LogP contribution >= 0.6 is 22.6 Å². The highest BCUT2D eigenvalue weighted by atomic mass is 127. The van der Waals surface area contributed by atoms with E-state index in [1.54, 1.807) is 0 Å². The third kappa shape index (κ3) is 3.25. The van der Waals surface area contributed by atoms with Crippen molar-refractivity contribution in [2.75, 3.05) is 4.43 Å². The first kappa shape index (κ1) is 11.4. The fourth-order valence-corrected chi connectivity index (χ4v) is 1.20. The first-order chi connectivity index (χ1) is 6.77. The van der Waals surface area contributed by atoms with Crippen molar-refractivity contribution >= 4 is 33.5 Å². The first-order valence-corrected chi connectivity index (χ1v) is 6.18. The van der Waals surface area contributed by atoms with Gasteiger partial charge in [0.25, 0.3) is 0 Å². The molecule has 1 aromatic carbocycles. The number of aromatic nitrogens is 1. The molecule has 0 saturated carbocycles. The third-order valence-corrected chi connectivity index (χ3v) is 1.76. The van der Waals surface area contributed by atoms with Gasteiger partial charge < -0.3 is 0 Å². The van der Waals surface area contributed by atoms with E-state index >= 15 is 0 Å². The van der Waals surface area contributed by atoms with Crippen molar-refractivity contribution in [3.05, 3.63) is 42.1 Å². The van der Waals surface area contributed by atoms with Gasteiger partial charge in [0.05, 0.1) is 5.52 Å². The molecule has 0 atom stereocenters. The van der Waals surface area contributed by atoms with Crippen LogP contribution in [-0.4, -0.2) is 9.41 Å². The predicted octanol–water partition coefficient (Wildman–Crippen LogP) is 3.98. The lowest BCUT2D eigenvalue weighted by atomic mass is 10.1. The van der Waals surface area contributed by atoms with E-state index in [0.717, 1.165) is 5.52 Å². The Morgan fingerprint density at radius 3 is 2.71 bits per heavy atom. The molecule has 2 heteroatoms. The second kappa shape index (κ2) is 5.96. The molecule has 0 spiro atoms. The zero-order valence-electron chi connectivity index (χ0n) is 8.50. The Labute approximate surface area is 98.7 Å². The van der Waals surface area contributed by atoms with E-state index in [4.69, 9.17) is 0 Å². The van der Waals surface area contributed by atoms with E-state index in [0.29, 0.717) is 0 Å². The Morgan fingerprint density at radius 1 is 1.29 bits per heavy atom. The molecule has 14 heavy (non-hydrogen) atoms. The number of hydrogen-bond donors (Lipinski definition) is 0. The molecule has 0 fully saturated rings. The second-order valence-electron chi connectivity index (χ2n) is 2.97. The summed E-state index contributed by atoms with van der Waals surface area (Å²) in [5.74, 6) is 0. The van der Waals surface area contributed by atoms with Gasteiger partial charge in [-0.25, -0.2) is 0 Å². The number of nitrogens with zero attached hydrogens (tertiary/aromatic N) is 1. The van der Waals surface area contributed by atoms with E-state index in [9.17, 15) is 0 Å². The number of benzene rings is 1. The van der Waals surface area contributed by atoms with Crippen LogP contribution in [0.4, 0.5) is 0 Å². The van der Waals surface area contributed by atoms with E-state index in [-0.39, 0.29) is 0 Å². The van der Waals surface area contributed by atoms with Gasteiger partial charge in [-0.2, -0.15) is 0 Å². The summed E-state index contributed by atoms with van der Waals surface area (Å²) < 4.78 is 1.22. The monoisotopic (exact) mass is 299 g/mol. The Morgan fingerprint density at radius 2 is 2.00 bits per heavy atom. The molecule has 0 aliphatic carbocycles. The van der Waals surface area contributed by atoms with Crippen molar-refractivity contribution in [2.45, 2.75) is 13.8 Å². The van der Waals surface area contributed by atoms with Gasteiger partial charge in [0.1, 0.15) is 0 Å². The lowest BCUT2D eigenvalue weighted by molar-refractivity contribution is 1.39. The van der Waals surface area contributed by atoms with Gasteiger partial charge in [0, 0.05) is 11.6 Å². The predicted molar refractivity (Wildman–Crippen MR) is 71.0 cm³/mol. The number of aryl methyl sites for hydroxylation is 1. The van der Waals surface area contributed by atoms with Crippen molar-refractivity contribution in [1.29, 1.82) is 0 Å². The van der Waals surface area contributed by atoms with Gasteiger partial charge in [-0.1, -0.05) is 47.2 Å². The fraction of sp³-hybridized carbons (Fsp3) is 0.250. The molecule has 0 N–H and O–H groups in total. The summed E-state index contributed by atoms with van der Waals surface area (Å²) in [6.45, 7) is 4.20. The number of pyridine rings is 1. The Hall–Kier alpha value is -0.640. The molecule has 74 valence electrons. The number of hydrogen-bond acceptors (Lipinski definition) is 1. The summed E-state index contributed by atoms with van der Waals surface area (Å²) in [4.78, 5) is 4.22. The summed E-state index contributed by atoms with van der Waals surface area (Å²) in [7, 11) is 0. The molecule has 2 rings (SSSR count). The number of alkyl halides is 1. The molecule has 0 radical (unpaired) electrons. The first-order valence-electron chi connectivity index (χ1n) is 4.65. The van der Waals surface area contributed by atoms with Crippen molar-refractivity contribution in [3.8, 4) is 0 Å². The van der Waals surface area contributed by atoms with E-state index in [1.165, 1.54) is 15.4 Å². The molecule has 0 aliphatic heterocycles. The number of halogens is 1. The van der Waals surface area contributed by atoms with Gasteiger partial charge in [-0.3, -0.25) is 4.98 Å². The molecule has 1 heterocycles. The van der Waals surface area contributed by atoms with Crippen LogP contribution in [0.3, 0.4) is 0 Å². The Kier molecular flexibility index (Phi) is 4.87. The van der Waals surface area contributed by atoms with Crippen LogP contribution in [0.15, 0.2) is 36.5 Å². The molecule has 0 unspecified atom stereocenters. The Bertz CT molecular complexity index is 398. The van der Waals surface area contributed by atoms with Crippen LogP contribution < -0.4 is 0 Å². The average Bonchev–Trinajstić information content (AvgIpc) is 2.19. The standard InChI is InChI=1S/C10H9N.C2H5I/c1-8-4-5-10-9(7-8)3-2-6-11-10;1-2-3/h2-7H,1H3;2H2,1H3. The van der Waals surface area contributed by atoms with Crippen LogP contribution in [0.25, 0.3) is 10.9 Å². The van der Waals surface area contributed by atoms with Crippen LogP contribution in [0.1, 0.15) is 12.5 Å². The largest absolute Gasteiger partial charge is 0.256 e. The minimum Gasteiger partial charge on any atom is -0.256 e.